The molecule has 1 heterocycles. The summed E-state index contributed by atoms with van der Waals surface area (Å²) in [6.45, 7) is 1.83. The molecule has 1 rings (SSSR count). The van der Waals surface area contributed by atoms with Crippen molar-refractivity contribution in [2.75, 3.05) is 0 Å². The minimum Gasteiger partial charge on any atom is -0.324 e. The van der Waals surface area contributed by atoms with Gasteiger partial charge in [-0.15, -0.1) is 0 Å². The van der Waals surface area contributed by atoms with Crippen molar-refractivity contribution < 1.29 is 0 Å². The van der Waals surface area contributed by atoms with Gasteiger partial charge in [0.1, 0.15) is 5.15 Å². The molecule has 60 valence electrons. The first-order chi connectivity index (χ1) is 5.11. The van der Waals surface area contributed by atoms with Crippen molar-refractivity contribution in [1.29, 1.82) is 0 Å². The molecular weight excluding hydrogens is 183 g/mol. The zero-order valence-electron chi connectivity index (χ0n) is 6.01. The molecule has 0 fully saturated rings. The summed E-state index contributed by atoms with van der Waals surface area (Å²) in [4.78, 5) is 3.85. The summed E-state index contributed by atoms with van der Waals surface area (Å²) in [5.74, 6) is 0. The molecular formula is C7H8Cl2N2. The lowest BCUT2D eigenvalue weighted by molar-refractivity contribution is 0.812. The van der Waals surface area contributed by atoms with Gasteiger partial charge in [0.05, 0.1) is 5.02 Å². The first-order valence-corrected chi connectivity index (χ1v) is 3.93. The van der Waals surface area contributed by atoms with Crippen LogP contribution in [-0.4, -0.2) is 4.98 Å². The standard InChI is InChI=1S/C7H8Cl2N2/c1-4(10)6-2-5(8)3-11-7(6)9/h2-4H,10H2,1H3/t4-/m1/s1. The first kappa shape index (κ1) is 8.78. The smallest absolute Gasteiger partial charge is 0.133 e. The Morgan fingerprint density at radius 2 is 2.18 bits per heavy atom. The molecule has 0 aliphatic rings. The third-order valence-corrected chi connectivity index (χ3v) is 1.85. The van der Waals surface area contributed by atoms with E-state index in [1.54, 1.807) is 6.07 Å². The van der Waals surface area contributed by atoms with Crippen molar-refractivity contribution in [3.63, 3.8) is 0 Å². The number of hydrogen-bond acceptors (Lipinski definition) is 2. The molecule has 0 bridgehead atoms. The summed E-state index contributed by atoms with van der Waals surface area (Å²) in [6, 6.07) is 1.59. The van der Waals surface area contributed by atoms with Crippen LogP contribution in [0.5, 0.6) is 0 Å². The maximum Gasteiger partial charge on any atom is 0.133 e. The molecule has 0 radical (unpaired) electrons. The summed E-state index contributed by atoms with van der Waals surface area (Å²) in [5.41, 5.74) is 6.38. The van der Waals surface area contributed by atoms with Crippen LogP contribution >= 0.6 is 23.2 Å². The van der Waals surface area contributed by atoms with Crippen LogP contribution in [0.3, 0.4) is 0 Å². The molecule has 4 heteroatoms. The van der Waals surface area contributed by atoms with Gasteiger partial charge in [-0.3, -0.25) is 0 Å². The van der Waals surface area contributed by atoms with Crippen LogP contribution in [0, 0.1) is 0 Å². The second-order valence-corrected chi connectivity index (χ2v) is 3.12. The van der Waals surface area contributed by atoms with Gasteiger partial charge in [0.2, 0.25) is 0 Å². The summed E-state index contributed by atoms with van der Waals surface area (Å²) in [7, 11) is 0. The molecule has 0 aliphatic carbocycles. The zero-order chi connectivity index (χ0) is 8.43. The molecule has 1 aromatic rings. The number of nitrogens with zero attached hydrogens (tertiary/aromatic N) is 1. The van der Waals surface area contributed by atoms with Gasteiger partial charge in [-0.25, -0.2) is 4.98 Å². The van der Waals surface area contributed by atoms with Crippen LogP contribution in [0.4, 0.5) is 0 Å². The van der Waals surface area contributed by atoms with E-state index < -0.39 is 0 Å². The second-order valence-electron chi connectivity index (χ2n) is 2.32. The molecule has 0 aromatic carbocycles. The number of halogens is 2. The predicted octanol–water partition coefficient (Wildman–Crippen LogP) is 2.41. The molecule has 0 saturated heterocycles. The van der Waals surface area contributed by atoms with Crippen molar-refractivity contribution in [3.05, 3.63) is 28.0 Å². The minimum atomic E-state index is -0.131. The first-order valence-electron chi connectivity index (χ1n) is 3.18. The van der Waals surface area contributed by atoms with Crippen LogP contribution in [0.2, 0.25) is 10.2 Å². The van der Waals surface area contributed by atoms with Crippen molar-refractivity contribution in [2.45, 2.75) is 13.0 Å². The van der Waals surface area contributed by atoms with Gasteiger partial charge in [-0.1, -0.05) is 23.2 Å². The lowest BCUT2D eigenvalue weighted by atomic mass is 10.2. The molecule has 2 N–H and O–H groups in total. The average Bonchev–Trinajstić information content (AvgIpc) is 1.94. The summed E-state index contributed by atoms with van der Waals surface area (Å²) < 4.78 is 0. The van der Waals surface area contributed by atoms with E-state index in [0.29, 0.717) is 10.2 Å². The van der Waals surface area contributed by atoms with E-state index in [1.165, 1.54) is 6.20 Å². The summed E-state index contributed by atoms with van der Waals surface area (Å²) in [5, 5.41) is 0.978. The molecule has 0 amide bonds. The van der Waals surface area contributed by atoms with E-state index in [0.717, 1.165) is 5.56 Å². The fraction of sp³-hybridized carbons (Fsp3) is 0.286. The van der Waals surface area contributed by atoms with Crippen molar-refractivity contribution in [2.24, 2.45) is 5.73 Å². The molecule has 0 aliphatic heterocycles. The average molecular weight is 191 g/mol. The van der Waals surface area contributed by atoms with E-state index in [4.69, 9.17) is 28.9 Å². The third kappa shape index (κ3) is 2.06. The molecule has 0 unspecified atom stereocenters. The largest absolute Gasteiger partial charge is 0.324 e. The van der Waals surface area contributed by atoms with Gasteiger partial charge < -0.3 is 5.73 Å². The highest BCUT2D eigenvalue weighted by molar-refractivity contribution is 6.32. The molecule has 0 saturated carbocycles. The number of hydrogen-bond donors (Lipinski definition) is 1. The Kier molecular flexibility index (Phi) is 2.71. The van der Waals surface area contributed by atoms with E-state index in [9.17, 15) is 0 Å². The molecule has 2 nitrogen and oxygen atoms in total. The Bertz CT molecular complexity index is 261. The van der Waals surface area contributed by atoms with E-state index in [-0.39, 0.29) is 6.04 Å². The Hall–Kier alpha value is -0.310. The highest BCUT2D eigenvalue weighted by Gasteiger charge is 2.06. The third-order valence-electron chi connectivity index (χ3n) is 1.32. The van der Waals surface area contributed by atoms with Crippen molar-refractivity contribution >= 4 is 23.2 Å². The van der Waals surface area contributed by atoms with Crippen molar-refractivity contribution in [3.8, 4) is 0 Å². The van der Waals surface area contributed by atoms with Crippen molar-refractivity contribution in [1.82, 2.24) is 4.98 Å². The van der Waals surface area contributed by atoms with E-state index >= 15 is 0 Å². The normalized spacial score (nSPS) is 13.1. The lowest BCUT2D eigenvalue weighted by Gasteiger charge is -2.06. The molecule has 1 atom stereocenters. The van der Waals surface area contributed by atoms with Gasteiger partial charge in [-0.2, -0.15) is 0 Å². The Morgan fingerprint density at radius 1 is 1.55 bits per heavy atom. The van der Waals surface area contributed by atoms with Gasteiger partial charge in [0.15, 0.2) is 0 Å². The fourth-order valence-corrected chi connectivity index (χ4v) is 1.20. The fourth-order valence-electron chi connectivity index (χ4n) is 0.758. The highest BCUT2D eigenvalue weighted by atomic mass is 35.5. The quantitative estimate of drug-likeness (QED) is 0.692. The van der Waals surface area contributed by atoms with Gasteiger partial charge in [0, 0.05) is 17.8 Å². The van der Waals surface area contributed by atoms with E-state index in [1.807, 2.05) is 6.92 Å². The Morgan fingerprint density at radius 3 is 2.64 bits per heavy atom. The Labute approximate surface area is 75.3 Å². The monoisotopic (exact) mass is 190 g/mol. The number of rotatable bonds is 1. The minimum absolute atomic E-state index is 0.131. The Balaban J connectivity index is 3.13. The van der Waals surface area contributed by atoms with Crippen LogP contribution in [0.15, 0.2) is 12.3 Å². The number of pyridine rings is 1. The lowest BCUT2D eigenvalue weighted by Crippen LogP contribution is -2.06. The van der Waals surface area contributed by atoms with Gasteiger partial charge in [0.25, 0.3) is 0 Å². The predicted molar refractivity (Wildman–Crippen MR) is 46.9 cm³/mol. The maximum absolute atomic E-state index is 5.74. The summed E-state index contributed by atoms with van der Waals surface area (Å²) in [6.07, 6.45) is 1.50. The molecule has 0 spiro atoms. The number of nitrogens with two attached hydrogens (primary N) is 1. The van der Waals surface area contributed by atoms with Gasteiger partial charge in [-0.05, 0) is 13.0 Å². The second kappa shape index (κ2) is 3.39. The topological polar surface area (TPSA) is 38.9 Å². The number of aromatic nitrogens is 1. The molecule has 11 heavy (non-hydrogen) atoms. The van der Waals surface area contributed by atoms with Crippen LogP contribution < -0.4 is 5.73 Å². The van der Waals surface area contributed by atoms with E-state index in [2.05, 4.69) is 4.98 Å². The zero-order valence-corrected chi connectivity index (χ0v) is 7.52. The molecule has 1 aromatic heterocycles. The van der Waals surface area contributed by atoms with Gasteiger partial charge >= 0.3 is 0 Å². The highest BCUT2D eigenvalue weighted by Crippen LogP contribution is 2.21. The van der Waals surface area contributed by atoms with Crippen LogP contribution in [0.25, 0.3) is 0 Å². The van der Waals surface area contributed by atoms with Crippen LogP contribution in [-0.2, 0) is 0 Å². The van der Waals surface area contributed by atoms with Crippen LogP contribution in [0.1, 0.15) is 18.5 Å². The summed E-state index contributed by atoms with van der Waals surface area (Å²) >= 11 is 11.4. The maximum atomic E-state index is 5.74. The SMILES string of the molecule is C[C@@H](N)c1cc(Cl)cnc1Cl.